The van der Waals surface area contributed by atoms with Gasteiger partial charge in [-0.3, -0.25) is 47.8 Å². The van der Waals surface area contributed by atoms with Gasteiger partial charge in [0.25, 0.3) is 60.7 Å². The van der Waals surface area contributed by atoms with E-state index >= 15 is 0 Å². The third-order valence-electron chi connectivity index (χ3n) is 8.95. The van der Waals surface area contributed by atoms with E-state index in [1.807, 2.05) is 0 Å². The quantitative estimate of drug-likeness (QED) is 0.0549. The summed E-state index contributed by atoms with van der Waals surface area (Å²) < 4.78 is 205. The Hall–Kier alpha value is -6.56. The topological polar surface area (TPSA) is 450 Å². The molecule has 32 heteroatoms. The number of hydrogen-bond donors (Lipinski definition) is 10. The van der Waals surface area contributed by atoms with Gasteiger partial charge in [-0.25, -0.2) is 0 Å². The van der Waals surface area contributed by atoms with Crippen molar-refractivity contribution >= 4 is 107 Å². The van der Waals surface area contributed by atoms with Gasteiger partial charge in [0.2, 0.25) is 0 Å². The van der Waals surface area contributed by atoms with E-state index in [2.05, 4.69) is 21.1 Å². The summed E-state index contributed by atoms with van der Waals surface area (Å²) in [6.45, 7) is 0. The zero-order chi connectivity index (χ0) is 49.3. The summed E-state index contributed by atoms with van der Waals surface area (Å²) in [6.07, 6.45) is 2.42. The summed E-state index contributed by atoms with van der Waals surface area (Å²) in [5.41, 5.74) is -2.12. The van der Waals surface area contributed by atoms with Crippen LogP contribution in [-0.2, 0) is 60.7 Å². The second-order valence-electron chi connectivity index (χ2n) is 13.3. The number of carbonyl (C=O) groups excluding carboxylic acids is 2. The van der Waals surface area contributed by atoms with Gasteiger partial charge in [0, 0.05) is 35.4 Å². The molecule has 2 aliphatic carbocycles. The fourth-order valence-electron chi connectivity index (χ4n) is 6.15. The lowest BCUT2D eigenvalue weighted by Gasteiger charge is -2.19. The number of phenols is 2. The molecular weight excluding hydrogens is 1010 g/mol. The minimum absolute atomic E-state index is 0.312. The molecule has 26 nitrogen and oxygen atoms in total. The number of benzene rings is 4. The highest BCUT2D eigenvalue weighted by molar-refractivity contribution is 7.91. The summed E-state index contributed by atoms with van der Waals surface area (Å²) in [4.78, 5) is 18.9. The van der Waals surface area contributed by atoms with Crippen molar-refractivity contribution in [3.63, 3.8) is 0 Å². The largest absolute Gasteiger partial charge is 0.507 e. The number of fused-ring (bicyclic) bond motifs is 2. The number of rotatable bonds is 12. The molecule has 0 heterocycles. The van der Waals surface area contributed by atoms with Crippen LogP contribution < -0.4 is 10.9 Å². The minimum atomic E-state index is -5.36. The Labute approximate surface area is 371 Å². The third kappa shape index (κ3) is 10.1. The molecule has 0 saturated heterocycles. The average Bonchev–Trinajstić information content (AvgIpc) is 3.16. The van der Waals surface area contributed by atoms with Gasteiger partial charge in [0.05, 0.1) is 32.3 Å². The standard InChI is InChI=1S/C34H24N4O22S6/c39-23-11-19(61(43,44)45)9-21-31(23)25(41)13-29(65(55,56)57)33(21)37-35-17-5-3-15(27(7-17)63(49,50)51)1-2-16-4-6-18(8-28(16)64(52,53)54)36-38-34-22-10-20(62(46,47)48)12-24(40)32(22)26(42)14-30(34)66(58,59)60/h1-14,35-36,39-40H,(H,43,44,45)(H,46,47,48)(H,49,50,51)(H,52,53,54)(H,55,56,57)(H,58,59,60)/b2-1?,37-33+,38-34+. The number of phenolic OH excluding ortho intramolecular Hbond substituents is 2. The molecule has 0 unspecified atom stereocenters. The number of hydrazone groups is 2. The summed E-state index contributed by atoms with van der Waals surface area (Å²) in [5.74, 6) is -4.64. The maximum Gasteiger partial charge on any atom is 0.296 e. The lowest BCUT2D eigenvalue weighted by atomic mass is 9.93. The van der Waals surface area contributed by atoms with Crippen LogP contribution in [0.5, 0.6) is 11.5 Å². The van der Waals surface area contributed by atoms with Gasteiger partial charge in [-0.2, -0.15) is 60.7 Å². The minimum Gasteiger partial charge on any atom is -0.507 e. The van der Waals surface area contributed by atoms with Crippen molar-refractivity contribution in [2.75, 3.05) is 10.9 Å². The number of carbonyl (C=O) groups is 2. The first-order valence-electron chi connectivity index (χ1n) is 16.9. The normalized spacial score (nSPS) is 16.2. The fourth-order valence-corrected chi connectivity index (χ4v) is 9.94. The van der Waals surface area contributed by atoms with Crippen LogP contribution in [-0.4, -0.2) is 111 Å². The molecule has 6 rings (SSSR count). The van der Waals surface area contributed by atoms with Crippen LogP contribution >= 0.6 is 0 Å². The van der Waals surface area contributed by atoms with E-state index in [0.717, 1.165) is 36.4 Å². The van der Waals surface area contributed by atoms with Gasteiger partial charge in [-0.05, 0) is 47.5 Å². The molecule has 0 fully saturated rings. The zero-order valence-corrected chi connectivity index (χ0v) is 36.6. The second kappa shape index (κ2) is 16.7. The predicted octanol–water partition coefficient (Wildman–Crippen LogP) is 1.82. The van der Waals surface area contributed by atoms with Gasteiger partial charge in [-0.1, -0.05) is 24.3 Å². The van der Waals surface area contributed by atoms with Crippen LogP contribution in [0.1, 0.15) is 43.0 Å². The SMILES string of the molecule is O=C1C=C(S(=O)(=O)O)/C(=N/Nc2ccc(C=Cc3ccc(N/N=C4/C(S(=O)(=O)O)=CC(=O)c5c(O)cc(S(=O)(=O)O)cc54)cc3S(=O)(=O)O)c(S(=O)(=O)O)c2)c2cc(S(=O)(=O)O)cc(O)c21. The van der Waals surface area contributed by atoms with Crippen LogP contribution in [0.3, 0.4) is 0 Å². The Morgan fingerprint density at radius 1 is 0.439 bits per heavy atom. The Morgan fingerprint density at radius 3 is 1.06 bits per heavy atom. The van der Waals surface area contributed by atoms with E-state index < -0.39 is 169 Å². The highest BCUT2D eigenvalue weighted by Crippen LogP contribution is 2.36. The van der Waals surface area contributed by atoms with Gasteiger partial charge < -0.3 is 10.2 Å². The first kappa shape index (κ1) is 48.9. The fraction of sp³-hybridized carbons (Fsp3) is 0. The lowest BCUT2D eigenvalue weighted by Crippen LogP contribution is -2.24. The molecular formula is C34H24N4O22S6. The molecule has 2 aliphatic rings. The Morgan fingerprint density at radius 2 is 0.773 bits per heavy atom. The summed E-state index contributed by atoms with van der Waals surface area (Å²) >= 11 is 0. The summed E-state index contributed by atoms with van der Waals surface area (Å²) in [6, 6.07) is 7.30. The van der Waals surface area contributed by atoms with Crippen molar-refractivity contribution in [3.05, 3.63) is 116 Å². The molecule has 0 aromatic heterocycles. The van der Waals surface area contributed by atoms with E-state index in [1.54, 1.807) is 0 Å². The highest BCUT2D eigenvalue weighted by atomic mass is 32.2. The van der Waals surface area contributed by atoms with Gasteiger partial charge >= 0.3 is 0 Å². The Balaban J connectivity index is 1.39. The monoisotopic (exact) mass is 1030 g/mol. The number of aromatic hydroxyl groups is 2. The number of nitrogens with zero attached hydrogens (tertiary/aromatic N) is 2. The molecule has 4 aromatic carbocycles. The molecule has 66 heavy (non-hydrogen) atoms. The molecule has 0 spiro atoms. The van der Waals surface area contributed by atoms with Crippen LogP contribution in [0.25, 0.3) is 12.2 Å². The average molecular weight is 1030 g/mol. The van der Waals surface area contributed by atoms with Crippen LogP contribution in [0, 0.1) is 0 Å². The molecule has 0 amide bonds. The molecule has 348 valence electrons. The van der Waals surface area contributed by atoms with Crippen molar-refractivity contribution in [1.82, 2.24) is 0 Å². The maximum absolute atomic E-state index is 12.7. The van der Waals surface area contributed by atoms with Crippen molar-refractivity contribution in [2.24, 2.45) is 10.2 Å². The second-order valence-corrected chi connectivity index (χ2v) is 21.7. The maximum atomic E-state index is 12.7. The highest BCUT2D eigenvalue weighted by Gasteiger charge is 2.36. The van der Waals surface area contributed by atoms with Gasteiger partial charge in [-0.15, -0.1) is 0 Å². The molecule has 10 N–H and O–H groups in total. The predicted molar refractivity (Wildman–Crippen MR) is 226 cm³/mol. The van der Waals surface area contributed by atoms with Crippen molar-refractivity contribution in [2.45, 2.75) is 19.6 Å². The summed E-state index contributed by atoms with van der Waals surface area (Å²) in [5, 5.41) is 28.2. The molecule has 0 radical (unpaired) electrons. The Kier molecular flexibility index (Phi) is 12.4. The van der Waals surface area contributed by atoms with Crippen LogP contribution in [0.4, 0.5) is 11.4 Å². The number of nitrogens with one attached hydrogen (secondary N) is 2. The first-order chi connectivity index (χ1) is 30.2. The molecule has 4 aromatic rings. The zero-order valence-electron chi connectivity index (χ0n) is 31.7. The van der Waals surface area contributed by atoms with Crippen molar-refractivity contribution < 1.29 is 97.6 Å². The smallest absolute Gasteiger partial charge is 0.296 e. The number of allylic oxidation sites excluding steroid dienone is 4. The molecule has 0 atom stereocenters. The van der Waals surface area contributed by atoms with E-state index in [-0.39, 0.29) is 0 Å². The summed E-state index contributed by atoms with van der Waals surface area (Å²) in [7, 11) is -31.4. The van der Waals surface area contributed by atoms with E-state index in [0.29, 0.717) is 48.6 Å². The van der Waals surface area contributed by atoms with Crippen LogP contribution in [0.2, 0.25) is 0 Å². The molecule has 0 saturated carbocycles. The van der Waals surface area contributed by atoms with E-state index in [4.69, 9.17) is 0 Å². The molecule has 0 bridgehead atoms. The molecule has 0 aliphatic heterocycles. The number of anilines is 2. The lowest BCUT2D eigenvalue weighted by molar-refractivity contribution is 0.103. The first-order valence-corrected chi connectivity index (χ1v) is 25.6. The van der Waals surface area contributed by atoms with Gasteiger partial charge in [0.1, 0.15) is 42.5 Å². The van der Waals surface area contributed by atoms with Crippen molar-refractivity contribution in [1.29, 1.82) is 0 Å². The van der Waals surface area contributed by atoms with Crippen molar-refractivity contribution in [3.8, 4) is 11.5 Å². The van der Waals surface area contributed by atoms with Crippen LogP contribution in [0.15, 0.2) is 112 Å². The number of ketones is 2. The van der Waals surface area contributed by atoms with E-state index in [1.165, 1.54) is 0 Å². The Bertz CT molecular complexity index is 3500. The third-order valence-corrected chi connectivity index (χ3v) is 14.2. The van der Waals surface area contributed by atoms with Gasteiger partial charge in [0.15, 0.2) is 11.6 Å². The van der Waals surface area contributed by atoms with E-state index in [9.17, 15) is 97.6 Å². The number of hydrogen-bond acceptors (Lipinski definition) is 20.